The van der Waals surface area contributed by atoms with Gasteiger partial charge in [0.05, 0.1) is 16.8 Å². The number of carbonyl (C=O) groups is 2. The van der Waals surface area contributed by atoms with E-state index in [0.29, 0.717) is 5.75 Å². The molecule has 3 aromatic carbocycles. The molecule has 0 fully saturated rings. The maximum atomic E-state index is 12.8. The molecule has 1 aliphatic carbocycles. The molecule has 3 aromatic rings. The van der Waals surface area contributed by atoms with Crippen LogP contribution in [0.25, 0.3) is 0 Å². The van der Waals surface area contributed by atoms with Crippen LogP contribution in [0.4, 0.5) is 5.69 Å². The van der Waals surface area contributed by atoms with Gasteiger partial charge in [0.25, 0.3) is 0 Å². The number of ether oxygens (including phenoxy) is 1. The fraction of sp³-hybridized carbons (Fsp3) is 0.130. The van der Waals surface area contributed by atoms with Crippen LogP contribution in [0.5, 0.6) is 17.2 Å². The Morgan fingerprint density at radius 3 is 1.90 bits per heavy atom. The van der Waals surface area contributed by atoms with Crippen LogP contribution in [-0.4, -0.2) is 37.1 Å². The zero-order chi connectivity index (χ0) is 22.8. The summed E-state index contributed by atoms with van der Waals surface area (Å²) < 4.78 is 25.7. The maximum absolute atomic E-state index is 12.8. The fourth-order valence-electron chi connectivity index (χ4n) is 2.97. The van der Waals surface area contributed by atoms with Crippen molar-refractivity contribution in [2.75, 3.05) is 17.7 Å². The van der Waals surface area contributed by atoms with Crippen molar-refractivity contribution in [2.24, 2.45) is 0 Å². The molecule has 0 radical (unpaired) electrons. The minimum atomic E-state index is -2.66. The standard InChI is InChI=1S/C20H13NO4.C3H8O2S/c21-18-15(25-11-6-2-1-3-7-11)10-14(22)16-17(18)20(24)13-9-5-4-8-12(13)19(16)23;1-3-6(2,4)5/h1-10,22H,21H2;3H2,1-2H3. The first kappa shape index (κ1) is 22.0. The molecule has 0 spiro atoms. The third-order valence-corrected chi connectivity index (χ3v) is 5.72. The number of hydrogen-bond donors (Lipinski definition) is 2. The molecule has 0 unspecified atom stereocenters. The lowest BCUT2D eigenvalue weighted by Gasteiger charge is -2.21. The summed E-state index contributed by atoms with van der Waals surface area (Å²) in [6.07, 6.45) is 1.22. The molecule has 160 valence electrons. The van der Waals surface area contributed by atoms with Crippen molar-refractivity contribution in [1.82, 2.24) is 0 Å². The smallest absolute Gasteiger partial charge is 0.198 e. The van der Waals surface area contributed by atoms with Crippen molar-refractivity contribution in [3.05, 3.63) is 82.9 Å². The monoisotopic (exact) mass is 439 g/mol. The van der Waals surface area contributed by atoms with E-state index in [0.717, 1.165) is 0 Å². The molecule has 3 N–H and O–H groups in total. The number of nitrogens with two attached hydrogens (primary N) is 1. The first-order chi connectivity index (χ1) is 14.6. The molecule has 31 heavy (non-hydrogen) atoms. The molecule has 0 aromatic heterocycles. The molecule has 4 rings (SSSR count). The van der Waals surface area contributed by atoms with Gasteiger partial charge in [-0.05, 0) is 12.1 Å². The summed E-state index contributed by atoms with van der Waals surface area (Å²) >= 11 is 0. The quantitative estimate of drug-likeness (QED) is 0.369. The number of sulfone groups is 1. The maximum Gasteiger partial charge on any atom is 0.198 e. The minimum absolute atomic E-state index is 0.0189. The second kappa shape index (κ2) is 8.61. The van der Waals surface area contributed by atoms with Crippen molar-refractivity contribution in [3.63, 3.8) is 0 Å². The van der Waals surface area contributed by atoms with E-state index in [2.05, 4.69) is 0 Å². The number of para-hydroxylation sites is 1. The number of hydrogen-bond acceptors (Lipinski definition) is 7. The van der Waals surface area contributed by atoms with Crippen LogP contribution < -0.4 is 10.5 Å². The summed E-state index contributed by atoms with van der Waals surface area (Å²) in [5, 5.41) is 10.3. The Morgan fingerprint density at radius 2 is 1.39 bits per heavy atom. The van der Waals surface area contributed by atoms with Crippen molar-refractivity contribution in [2.45, 2.75) is 6.92 Å². The van der Waals surface area contributed by atoms with E-state index in [1.807, 2.05) is 6.07 Å². The van der Waals surface area contributed by atoms with Crippen molar-refractivity contribution >= 4 is 27.1 Å². The zero-order valence-electron chi connectivity index (χ0n) is 17.0. The highest BCUT2D eigenvalue weighted by Gasteiger charge is 2.35. The Bertz CT molecular complexity index is 1270. The van der Waals surface area contributed by atoms with Crippen LogP contribution in [0.15, 0.2) is 60.7 Å². The summed E-state index contributed by atoms with van der Waals surface area (Å²) in [6, 6.07) is 16.6. The van der Waals surface area contributed by atoms with Gasteiger partial charge in [-0.25, -0.2) is 8.42 Å². The molecule has 0 heterocycles. The van der Waals surface area contributed by atoms with Crippen LogP contribution in [0.1, 0.15) is 38.8 Å². The summed E-state index contributed by atoms with van der Waals surface area (Å²) in [5.74, 6) is -0.292. The molecular weight excluding hydrogens is 418 g/mol. The molecule has 0 amide bonds. The molecular formula is C23H21NO6S. The highest BCUT2D eigenvalue weighted by Crippen LogP contribution is 2.42. The van der Waals surface area contributed by atoms with Crippen molar-refractivity contribution in [1.29, 1.82) is 0 Å². The van der Waals surface area contributed by atoms with E-state index < -0.39 is 21.4 Å². The van der Waals surface area contributed by atoms with Crippen LogP contribution in [0.2, 0.25) is 0 Å². The number of phenolic OH excluding ortho intramolecular Hbond substituents is 1. The second-order valence-electron chi connectivity index (χ2n) is 6.89. The average Bonchev–Trinajstić information content (AvgIpc) is 2.75. The van der Waals surface area contributed by atoms with Gasteiger partial charge in [-0.3, -0.25) is 9.59 Å². The fourth-order valence-corrected chi connectivity index (χ4v) is 2.97. The molecule has 8 heteroatoms. The van der Waals surface area contributed by atoms with Crippen molar-refractivity contribution < 1.29 is 27.9 Å². The number of fused-ring (bicyclic) bond motifs is 2. The number of aromatic hydroxyl groups is 1. The van der Waals surface area contributed by atoms with E-state index in [9.17, 15) is 23.1 Å². The lowest BCUT2D eigenvalue weighted by Crippen LogP contribution is -2.22. The first-order valence-electron chi connectivity index (χ1n) is 9.38. The van der Waals surface area contributed by atoms with Gasteiger partial charge in [0.1, 0.15) is 21.3 Å². The Kier molecular flexibility index (Phi) is 6.12. The van der Waals surface area contributed by atoms with Crippen molar-refractivity contribution in [3.8, 4) is 17.2 Å². The molecule has 0 aliphatic heterocycles. The van der Waals surface area contributed by atoms with E-state index >= 15 is 0 Å². The number of rotatable bonds is 3. The Labute approximate surface area is 180 Å². The molecule has 0 saturated heterocycles. The lowest BCUT2D eigenvalue weighted by atomic mass is 9.82. The predicted molar refractivity (Wildman–Crippen MR) is 118 cm³/mol. The van der Waals surface area contributed by atoms with Crippen LogP contribution in [0, 0.1) is 0 Å². The Morgan fingerprint density at radius 1 is 0.903 bits per heavy atom. The SMILES string of the molecule is CCS(C)(=O)=O.Nc1c(Oc2ccccc2)cc(O)c2c1C(=O)c1ccccc1C2=O. The minimum Gasteiger partial charge on any atom is -0.507 e. The molecule has 0 atom stereocenters. The predicted octanol–water partition coefficient (Wildman–Crippen LogP) is 3.59. The van der Waals surface area contributed by atoms with Gasteiger partial charge < -0.3 is 15.6 Å². The van der Waals surface area contributed by atoms with E-state index in [-0.39, 0.29) is 45.2 Å². The van der Waals surface area contributed by atoms with Gasteiger partial charge in [0.15, 0.2) is 17.3 Å². The zero-order valence-corrected chi connectivity index (χ0v) is 17.8. The first-order valence-corrected chi connectivity index (χ1v) is 11.4. The number of ketones is 2. The lowest BCUT2D eigenvalue weighted by molar-refractivity contribution is 0.0977. The van der Waals surface area contributed by atoms with E-state index in [1.165, 1.54) is 12.3 Å². The van der Waals surface area contributed by atoms with Gasteiger partial charge in [-0.1, -0.05) is 49.4 Å². The molecule has 7 nitrogen and oxygen atoms in total. The third kappa shape index (κ3) is 4.59. The summed E-state index contributed by atoms with van der Waals surface area (Å²) in [4.78, 5) is 25.5. The Balaban J connectivity index is 0.000000401. The number of carbonyl (C=O) groups excluding carboxylic acids is 2. The number of benzene rings is 3. The highest BCUT2D eigenvalue weighted by atomic mass is 32.2. The molecule has 0 bridgehead atoms. The normalized spacial score (nSPS) is 12.3. The topological polar surface area (TPSA) is 124 Å². The average molecular weight is 439 g/mol. The highest BCUT2D eigenvalue weighted by molar-refractivity contribution is 7.90. The third-order valence-electron chi connectivity index (χ3n) is 4.67. The van der Waals surface area contributed by atoms with E-state index in [1.54, 1.807) is 55.5 Å². The number of anilines is 1. The van der Waals surface area contributed by atoms with Gasteiger partial charge in [-0.15, -0.1) is 0 Å². The summed E-state index contributed by atoms with van der Waals surface area (Å²) in [7, 11) is -2.66. The van der Waals surface area contributed by atoms with Crippen LogP contribution in [0.3, 0.4) is 0 Å². The number of phenols is 1. The number of nitrogen functional groups attached to an aromatic ring is 1. The molecule has 1 aliphatic rings. The van der Waals surface area contributed by atoms with E-state index in [4.69, 9.17) is 10.5 Å². The summed E-state index contributed by atoms with van der Waals surface area (Å²) in [5.41, 5.74) is 6.58. The van der Waals surface area contributed by atoms with Crippen LogP contribution >= 0.6 is 0 Å². The van der Waals surface area contributed by atoms with Gasteiger partial charge in [0, 0.05) is 29.2 Å². The second-order valence-corrected chi connectivity index (χ2v) is 9.32. The molecule has 0 saturated carbocycles. The van der Waals surface area contributed by atoms with Crippen LogP contribution in [-0.2, 0) is 9.84 Å². The largest absolute Gasteiger partial charge is 0.507 e. The summed E-state index contributed by atoms with van der Waals surface area (Å²) in [6.45, 7) is 1.62. The van der Waals surface area contributed by atoms with Gasteiger partial charge in [0.2, 0.25) is 0 Å². The van der Waals surface area contributed by atoms with Gasteiger partial charge in [-0.2, -0.15) is 0 Å². The van der Waals surface area contributed by atoms with Gasteiger partial charge >= 0.3 is 0 Å². The Hall–Kier alpha value is -3.65.